The van der Waals surface area contributed by atoms with Crippen molar-refractivity contribution in [2.45, 2.75) is 23.5 Å². The van der Waals surface area contributed by atoms with Crippen molar-refractivity contribution in [3.8, 4) is 11.5 Å². The standard InChI is InChI=1S/C16H18N2O5S2/c19-15(18-12-6-7-13-14(10-12)23-11-22-13)4-1-2-8-17-25(20,21)16-5-3-9-24-16/h3,5-7,9-10,17H,1-2,4,8,11H2,(H,18,19). The minimum Gasteiger partial charge on any atom is -0.454 e. The molecular weight excluding hydrogens is 364 g/mol. The Balaban J connectivity index is 1.37. The summed E-state index contributed by atoms with van der Waals surface area (Å²) in [6.45, 7) is 0.492. The van der Waals surface area contributed by atoms with Gasteiger partial charge in [-0.3, -0.25) is 4.79 Å². The number of ether oxygens (including phenoxy) is 2. The third kappa shape index (κ3) is 4.71. The Morgan fingerprint density at radius 1 is 1.16 bits per heavy atom. The molecule has 7 nitrogen and oxygen atoms in total. The van der Waals surface area contributed by atoms with Crippen molar-refractivity contribution in [3.63, 3.8) is 0 Å². The average Bonchev–Trinajstić information content (AvgIpc) is 3.26. The van der Waals surface area contributed by atoms with Crippen LogP contribution in [0, 0.1) is 0 Å². The lowest BCUT2D eigenvalue weighted by molar-refractivity contribution is -0.116. The maximum Gasteiger partial charge on any atom is 0.250 e. The summed E-state index contributed by atoms with van der Waals surface area (Å²) < 4.78 is 37.2. The molecule has 0 atom stereocenters. The van der Waals surface area contributed by atoms with Crippen LogP contribution in [0.4, 0.5) is 5.69 Å². The van der Waals surface area contributed by atoms with Gasteiger partial charge in [0.15, 0.2) is 11.5 Å². The number of unbranched alkanes of at least 4 members (excludes halogenated alkanes) is 1. The summed E-state index contributed by atoms with van der Waals surface area (Å²) in [5, 5.41) is 4.51. The predicted molar refractivity (Wildman–Crippen MR) is 94.6 cm³/mol. The maximum absolute atomic E-state index is 11.9. The van der Waals surface area contributed by atoms with Crippen LogP contribution in [-0.2, 0) is 14.8 Å². The van der Waals surface area contributed by atoms with Gasteiger partial charge in [-0.1, -0.05) is 6.07 Å². The molecule has 1 aromatic heterocycles. The van der Waals surface area contributed by atoms with Gasteiger partial charge in [0.25, 0.3) is 0 Å². The molecule has 0 saturated heterocycles. The smallest absolute Gasteiger partial charge is 0.250 e. The summed E-state index contributed by atoms with van der Waals surface area (Å²) in [4.78, 5) is 11.9. The van der Waals surface area contributed by atoms with E-state index in [1.165, 1.54) is 11.3 Å². The van der Waals surface area contributed by atoms with Crippen LogP contribution in [0.15, 0.2) is 39.9 Å². The molecule has 25 heavy (non-hydrogen) atoms. The fourth-order valence-corrected chi connectivity index (χ4v) is 4.41. The Kier molecular flexibility index (Phi) is 5.57. The van der Waals surface area contributed by atoms with E-state index >= 15 is 0 Å². The van der Waals surface area contributed by atoms with Crippen molar-refractivity contribution in [2.24, 2.45) is 0 Å². The molecule has 3 rings (SSSR count). The topological polar surface area (TPSA) is 93.7 Å². The zero-order valence-electron chi connectivity index (χ0n) is 13.4. The number of carbonyl (C=O) groups excluding carboxylic acids is 1. The zero-order valence-corrected chi connectivity index (χ0v) is 15.0. The van der Waals surface area contributed by atoms with E-state index in [2.05, 4.69) is 10.0 Å². The van der Waals surface area contributed by atoms with Crippen LogP contribution in [0.2, 0.25) is 0 Å². The molecule has 0 fully saturated rings. The van der Waals surface area contributed by atoms with Crippen molar-refractivity contribution < 1.29 is 22.7 Å². The molecule has 2 N–H and O–H groups in total. The minimum absolute atomic E-state index is 0.125. The second-order valence-corrected chi connectivity index (χ2v) is 8.34. The Labute approximate surface area is 150 Å². The molecule has 2 heterocycles. The van der Waals surface area contributed by atoms with Gasteiger partial charge in [-0.2, -0.15) is 0 Å². The molecule has 1 amide bonds. The summed E-state index contributed by atoms with van der Waals surface area (Å²) in [6.07, 6.45) is 1.48. The highest BCUT2D eigenvalue weighted by molar-refractivity contribution is 7.91. The van der Waals surface area contributed by atoms with Crippen LogP contribution in [0.5, 0.6) is 11.5 Å². The molecule has 0 unspecified atom stereocenters. The number of anilines is 1. The number of hydrogen-bond acceptors (Lipinski definition) is 6. The second kappa shape index (κ2) is 7.85. The average molecular weight is 382 g/mol. The first kappa shape index (κ1) is 17.7. The summed E-state index contributed by atoms with van der Waals surface area (Å²) in [5.74, 6) is 1.15. The first-order valence-electron chi connectivity index (χ1n) is 7.77. The van der Waals surface area contributed by atoms with Gasteiger partial charge < -0.3 is 14.8 Å². The van der Waals surface area contributed by atoms with Gasteiger partial charge in [0, 0.05) is 24.7 Å². The van der Waals surface area contributed by atoms with Gasteiger partial charge in [-0.15, -0.1) is 11.3 Å². The number of benzene rings is 1. The van der Waals surface area contributed by atoms with Gasteiger partial charge in [0.05, 0.1) is 0 Å². The van der Waals surface area contributed by atoms with Gasteiger partial charge in [-0.25, -0.2) is 13.1 Å². The number of rotatable bonds is 8. The molecule has 134 valence electrons. The van der Waals surface area contributed by atoms with E-state index in [1.807, 2.05) is 0 Å². The largest absolute Gasteiger partial charge is 0.454 e. The predicted octanol–water partition coefficient (Wildman–Crippen LogP) is 2.56. The number of thiophene rings is 1. The lowest BCUT2D eigenvalue weighted by Crippen LogP contribution is -2.24. The highest BCUT2D eigenvalue weighted by Crippen LogP contribution is 2.34. The van der Waals surface area contributed by atoms with Crippen molar-refractivity contribution in [3.05, 3.63) is 35.7 Å². The Morgan fingerprint density at radius 3 is 2.80 bits per heavy atom. The van der Waals surface area contributed by atoms with Gasteiger partial charge in [0.1, 0.15) is 4.21 Å². The highest BCUT2D eigenvalue weighted by atomic mass is 32.2. The molecular formula is C16H18N2O5S2. The normalized spacial score (nSPS) is 13.0. The van der Waals surface area contributed by atoms with Crippen molar-refractivity contribution in [1.29, 1.82) is 0 Å². The van der Waals surface area contributed by atoms with E-state index in [0.29, 0.717) is 47.2 Å². The number of nitrogens with one attached hydrogen (secondary N) is 2. The Bertz CT molecular complexity index is 834. The monoisotopic (exact) mass is 382 g/mol. The molecule has 0 saturated carbocycles. The van der Waals surface area contributed by atoms with Crippen LogP contribution >= 0.6 is 11.3 Å². The van der Waals surface area contributed by atoms with Crippen LogP contribution in [0.3, 0.4) is 0 Å². The zero-order chi connectivity index (χ0) is 17.7. The molecule has 0 bridgehead atoms. The van der Waals surface area contributed by atoms with E-state index in [4.69, 9.17) is 9.47 Å². The molecule has 1 aliphatic heterocycles. The van der Waals surface area contributed by atoms with E-state index in [-0.39, 0.29) is 12.7 Å². The van der Waals surface area contributed by atoms with Gasteiger partial charge >= 0.3 is 0 Å². The summed E-state index contributed by atoms with van der Waals surface area (Å²) in [5.41, 5.74) is 0.646. The quantitative estimate of drug-likeness (QED) is 0.685. The molecule has 0 spiro atoms. The second-order valence-electron chi connectivity index (χ2n) is 5.40. The molecule has 9 heteroatoms. The van der Waals surface area contributed by atoms with Crippen molar-refractivity contribution >= 4 is 33.0 Å². The third-order valence-electron chi connectivity index (χ3n) is 3.54. The Morgan fingerprint density at radius 2 is 2.00 bits per heavy atom. The fraction of sp³-hybridized carbons (Fsp3) is 0.312. The lowest BCUT2D eigenvalue weighted by Gasteiger charge is -2.07. The van der Waals surface area contributed by atoms with E-state index < -0.39 is 10.0 Å². The number of hydrogen-bond donors (Lipinski definition) is 2. The number of fused-ring (bicyclic) bond motifs is 1. The Hall–Kier alpha value is -2.10. The van der Waals surface area contributed by atoms with E-state index in [1.54, 1.807) is 35.7 Å². The first-order chi connectivity index (χ1) is 12.0. The van der Waals surface area contributed by atoms with Crippen molar-refractivity contribution in [1.82, 2.24) is 4.72 Å². The summed E-state index contributed by atoms with van der Waals surface area (Å²) in [6, 6.07) is 8.47. The van der Waals surface area contributed by atoms with Gasteiger partial charge in [-0.05, 0) is 36.4 Å². The van der Waals surface area contributed by atoms with Gasteiger partial charge in [0.2, 0.25) is 22.7 Å². The molecule has 1 aliphatic rings. The van der Waals surface area contributed by atoms with Crippen LogP contribution < -0.4 is 19.5 Å². The van der Waals surface area contributed by atoms with Crippen molar-refractivity contribution in [2.75, 3.05) is 18.7 Å². The maximum atomic E-state index is 11.9. The van der Waals surface area contributed by atoms with E-state index in [0.717, 1.165) is 0 Å². The lowest BCUT2D eigenvalue weighted by atomic mass is 10.2. The third-order valence-corrected chi connectivity index (χ3v) is 6.40. The first-order valence-corrected chi connectivity index (χ1v) is 10.1. The van der Waals surface area contributed by atoms with E-state index in [9.17, 15) is 13.2 Å². The number of amides is 1. The van der Waals surface area contributed by atoms with Crippen LogP contribution in [0.25, 0.3) is 0 Å². The fourth-order valence-electron chi connectivity index (χ4n) is 2.30. The highest BCUT2D eigenvalue weighted by Gasteiger charge is 2.15. The SMILES string of the molecule is O=C(CCCCNS(=O)(=O)c1cccs1)Nc1ccc2c(c1)OCO2. The van der Waals surface area contributed by atoms with Crippen LogP contribution in [0.1, 0.15) is 19.3 Å². The molecule has 1 aromatic carbocycles. The summed E-state index contributed by atoms with van der Waals surface area (Å²) in [7, 11) is -3.43. The number of sulfonamides is 1. The summed E-state index contributed by atoms with van der Waals surface area (Å²) >= 11 is 1.17. The van der Waals surface area contributed by atoms with Crippen LogP contribution in [-0.4, -0.2) is 27.7 Å². The number of carbonyl (C=O) groups is 1. The molecule has 0 aliphatic carbocycles. The molecule has 2 aromatic rings. The minimum atomic E-state index is -3.43. The molecule has 0 radical (unpaired) electrons.